The minimum Gasteiger partial charge on any atom is -0.376 e. The van der Waals surface area contributed by atoms with E-state index in [0.717, 1.165) is 25.1 Å². The molecule has 1 atom stereocenters. The summed E-state index contributed by atoms with van der Waals surface area (Å²) in [6, 6.07) is 0. The lowest BCUT2D eigenvalue weighted by Gasteiger charge is -2.10. The number of H-pyrrole nitrogens is 1. The third kappa shape index (κ3) is 3.87. The number of rotatable bonds is 6. The molecule has 1 saturated heterocycles. The van der Waals surface area contributed by atoms with E-state index in [1.807, 2.05) is 5.38 Å². The molecule has 2 aromatic rings. The molecule has 1 aliphatic heterocycles. The number of thioether (sulfide) groups is 1. The van der Waals surface area contributed by atoms with Crippen LogP contribution in [-0.4, -0.2) is 45.4 Å². The van der Waals surface area contributed by atoms with E-state index in [-0.39, 0.29) is 17.7 Å². The second kappa shape index (κ2) is 7.49. The van der Waals surface area contributed by atoms with Gasteiger partial charge in [0.1, 0.15) is 0 Å². The molecule has 24 heavy (non-hydrogen) atoms. The van der Waals surface area contributed by atoms with Crippen LogP contribution >= 0.6 is 23.1 Å². The zero-order chi connectivity index (χ0) is 17.1. The number of aromatic amines is 1. The topological polar surface area (TPSA) is 93.1 Å². The number of nitrogens with zero attached hydrogens (tertiary/aromatic N) is 4. The number of ether oxygens (including phenoxy) is 1. The first-order valence-electron chi connectivity index (χ1n) is 7.63. The number of hydrogen-bond acceptors (Lipinski definition) is 7. The predicted octanol–water partition coefficient (Wildman–Crippen LogP) is 1.48. The Morgan fingerprint density at radius 3 is 3.17 bits per heavy atom. The van der Waals surface area contributed by atoms with Crippen LogP contribution in [0.5, 0.6) is 0 Å². The van der Waals surface area contributed by atoms with Crippen molar-refractivity contribution in [2.24, 2.45) is 0 Å². The summed E-state index contributed by atoms with van der Waals surface area (Å²) < 4.78 is 7.21. The first-order chi connectivity index (χ1) is 11.5. The van der Waals surface area contributed by atoms with Gasteiger partial charge in [0.05, 0.1) is 18.3 Å². The maximum Gasteiger partial charge on any atom is 0.344 e. The largest absolute Gasteiger partial charge is 0.376 e. The van der Waals surface area contributed by atoms with Crippen molar-refractivity contribution in [1.29, 1.82) is 0 Å². The van der Waals surface area contributed by atoms with E-state index in [4.69, 9.17) is 4.74 Å². The molecule has 130 valence electrons. The first-order valence-corrected chi connectivity index (χ1v) is 9.49. The average molecular weight is 369 g/mol. The molecule has 1 fully saturated rings. The predicted molar refractivity (Wildman–Crippen MR) is 92.6 cm³/mol. The van der Waals surface area contributed by atoms with E-state index in [0.29, 0.717) is 22.6 Å². The minimum absolute atomic E-state index is 0.0544. The van der Waals surface area contributed by atoms with Crippen LogP contribution in [-0.2, 0) is 21.8 Å². The highest BCUT2D eigenvalue weighted by molar-refractivity contribution is 7.98. The number of carbonyl (C=O) groups is 1. The Bertz CT molecular complexity index is 763. The summed E-state index contributed by atoms with van der Waals surface area (Å²) in [5, 5.41) is 9.79. The van der Waals surface area contributed by atoms with Crippen LogP contribution < -0.4 is 10.6 Å². The SMILES string of the molecule is CC(=O)N(C)c1nc(CSc2n[nH]c(=O)n2CC2CCCO2)cs1. The van der Waals surface area contributed by atoms with Gasteiger partial charge in [-0.05, 0) is 12.8 Å². The summed E-state index contributed by atoms with van der Waals surface area (Å²) in [6.07, 6.45) is 2.08. The van der Waals surface area contributed by atoms with Crippen LogP contribution in [0.4, 0.5) is 5.13 Å². The number of nitrogens with one attached hydrogen (secondary N) is 1. The van der Waals surface area contributed by atoms with E-state index in [1.165, 1.54) is 34.9 Å². The lowest BCUT2D eigenvalue weighted by molar-refractivity contribution is -0.116. The van der Waals surface area contributed by atoms with Crippen LogP contribution in [0.2, 0.25) is 0 Å². The Kier molecular flexibility index (Phi) is 5.36. The van der Waals surface area contributed by atoms with Crippen LogP contribution in [0.15, 0.2) is 15.3 Å². The molecule has 10 heteroatoms. The number of thiazole rings is 1. The van der Waals surface area contributed by atoms with Crippen molar-refractivity contribution in [3.8, 4) is 0 Å². The molecular weight excluding hydrogens is 350 g/mol. The molecule has 1 N–H and O–H groups in total. The van der Waals surface area contributed by atoms with E-state index >= 15 is 0 Å². The molecule has 0 aromatic carbocycles. The van der Waals surface area contributed by atoms with Gasteiger partial charge < -0.3 is 4.74 Å². The fraction of sp³-hybridized carbons (Fsp3) is 0.571. The Labute approximate surface area is 147 Å². The van der Waals surface area contributed by atoms with Gasteiger partial charge in [0.2, 0.25) is 5.91 Å². The lowest BCUT2D eigenvalue weighted by Crippen LogP contribution is -2.25. The summed E-state index contributed by atoms with van der Waals surface area (Å²) in [6.45, 7) is 2.78. The molecule has 0 bridgehead atoms. The fourth-order valence-corrected chi connectivity index (χ4v) is 4.14. The third-order valence-electron chi connectivity index (χ3n) is 3.78. The van der Waals surface area contributed by atoms with Crippen molar-refractivity contribution in [3.63, 3.8) is 0 Å². The van der Waals surface area contributed by atoms with Crippen molar-refractivity contribution in [2.45, 2.75) is 43.3 Å². The Morgan fingerprint density at radius 2 is 2.46 bits per heavy atom. The summed E-state index contributed by atoms with van der Waals surface area (Å²) in [5.74, 6) is 0.527. The number of carbonyl (C=O) groups excluding carboxylic acids is 1. The van der Waals surface area contributed by atoms with Gasteiger partial charge in [-0.15, -0.1) is 16.4 Å². The monoisotopic (exact) mass is 369 g/mol. The summed E-state index contributed by atoms with van der Waals surface area (Å²) in [4.78, 5) is 29.2. The van der Waals surface area contributed by atoms with Gasteiger partial charge in [-0.2, -0.15) is 0 Å². The quantitative estimate of drug-likeness (QED) is 0.776. The zero-order valence-corrected chi connectivity index (χ0v) is 15.2. The molecular formula is C14H19N5O3S2. The number of amides is 1. The average Bonchev–Trinajstić information content (AvgIpc) is 3.29. The summed E-state index contributed by atoms with van der Waals surface area (Å²) in [7, 11) is 1.70. The van der Waals surface area contributed by atoms with Crippen LogP contribution in [0.25, 0.3) is 0 Å². The standard InChI is InChI=1S/C14H19N5O3S2/c1-9(20)18(2)13-15-10(7-23-13)8-24-14-17-16-12(21)19(14)6-11-4-3-5-22-11/h7,11H,3-6,8H2,1-2H3,(H,16,21). The number of hydrogen-bond donors (Lipinski definition) is 1. The normalized spacial score (nSPS) is 17.3. The van der Waals surface area contributed by atoms with E-state index in [1.54, 1.807) is 11.6 Å². The van der Waals surface area contributed by atoms with Gasteiger partial charge in [0, 0.05) is 31.7 Å². The Balaban J connectivity index is 1.64. The van der Waals surface area contributed by atoms with Gasteiger partial charge in [-0.25, -0.2) is 14.9 Å². The molecule has 1 amide bonds. The minimum atomic E-state index is -0.219. The van der Waals surface area contributed by atoms with Crippen molar-refractivity contribution < 1.29 is 9.53 Å². The van der Waals surface area contributed by atoms with Gasteiger partial charge in [-0.3, -0.25) is 14.3 Å². The molecule has 0 aliphatic carbocycles. The van der Waals surface area contributed by atoms with Crippen LogP contribution in [0.1, 0.15) is 25.5 Å². The summed E-state index contributed by atoms with van der Waals surface area (Å²) >= 11 is 2.86. The summed E-state index contributed by atoms with van der Waals surface area (Å²) in [5.41, 5.74) is 0.635. The van der Waals surface area contributed by atoms with Gasteiger partial charge >= 0.3 is 5.69 Å². The van der Waals surface area contributed by atoms with E-state index < -0.39 is 0 Å². The number of anilines is 1. The maximum atomic E-state index is 11.9. The molecule has 1 unspecified atom stereocenters. The molecule has 2 aromatic heterocycles. The lowest BCUT2D eigenvalue weighted by atomic mass is 10.2. The highest BCUT2D eigenvalue weighted by atomic mass is 32.2. The highest BCUT2D eigenvalue weighted by Gasteiger charge is 2.20. The van der Waals surface area contributed by atoms with Gasteiger partial charge in [-0.1, -0.05) is 11.8 Å². The van der Waals surface area contributed by atoms with E-state index in [9.17, 15) is 9.59 Å². The number of aromatic nitrogens is 4. The van der Waals surface area contributed by atoms with Gasteiger partial charge in [0.15, 0.2) is 10.3 Å². The molecule has 3 heterocycles. The maximum absolute atomic E-state index is 11.9. The van der Waals surface area contributed by atoms with Gasteiger partial charge in [0.25, 0.3) is 0 Å². The smallest absolute Gasteiger partial charge is 0.344 e. The molecule has 0 spiro atoms. The molecule has 0 saturated carbocycles. The second-order valence-corrected chi connectivity index (χ2v) is 7.32. The fourth-order valence-electron chi connectivity index (χ4n) is 2.36. The molecule has 3 rings (SSSR count). The Hall–Kier alpha value is -1.65. The highest BCUT2D eigenvalue weighted by Crippen LogP contribution is 2.25. The van der Waals surface area contributed by atoms with Crippen molar-refractivity contribution in [3.05, 3.63) is 21.6 Å². The van der Waals surface area contributed by atoms with Crippen molar-refractivity contribution in [1.82, 2.24) is 19.7 Å². The third-order valence-corrected chi connectivity index (χ3v) is 5.76. The van der Waals surface area contributed by atoms with E-state index in [2.05, 4.69) is 15.2 Å². The first kappa shape index (κ1) is 17.2. The van der Waals surface area contributed by atoms with Crippen LogP contribution in [0, 0.1) is 0 Å². The molecule has 0 radical (unpaired) electrons. The Morgan fingerprint density at radius 1 is 1.62 bits per heavy atom. The van der Waals surface area contributed by atoms with Crippen LogP contribution in [0.3, 0.4) is 0 Å². The molecule has 8 nitrogen and oxygen atoms in total. The zero-order valence-electron chi connectivity index (χ0n) is 13.5. The van der Waals surface area contributed by atoms with Crippen molar-refractivity contribution in [2.75, 3.05) is 18.6 Å². The van der Waals surface area contributed by atoms with Crippen molar-refractivity contribution >= 4 is 34.1 Å². The second-order valence-electron chi connectivity index (χ2n) is 5.55. The molecule has 1 aliphatic rings.